The van der Waals surface area contributed by atoms with Gasteiger partial charge in [-0.25, -0.2) is 13.6 Å². The highest BCUT2D eigenvalue weighted by molar-refractivity contribution is 5.90. The minimum Gasteiger partial charge on any atom is -0.465 e. The van der Waals surface area contributed by atoms with Crippen molar-refractivity contribution in [1.29, 1.82) is 0 Å². The number of carbonyl (C=O) groups is 1. The average Bonchev–Trinajstić information content (AvgIpc) is 2.91. The molecule has 0 N–H and O–H groups in total. The monoisotopic (exact) mass is 516 g/mol. The van der Waals surface area contributed by atoms with Crippen molar-refractivity contribution >= 4 is 5.97 Å². The molecular weight excluding hydrogens is 490 g/mol. The zero-order valence-corrected chi connectivity index (χ0v) is 21.2. The summed E-state index contributed by atoms with van der Waals surface area (Å²) in [5.41, 5.74) is 3.06. The second-order valence-corrected chi connectivity index (χ2v) is 9.10. The molecule has 0 saturated heterocycles. The van der Waals surface area contributed by atoms with Crippen molar-refractivity contribution in [2.45, 2.75) is 25.3 Å². The zero-order chi connectivity index (χ0) is 27.4. The fourth-order valence-electron chi connectivity index (χ4n) is 4.63. The van der Waals surface area contributed by atoms with Crippen LogP contribution in [0.3, 0.4) is 0 Å². The van der Waals surface area contributed by atoms with Gasteiger partial charge in [-0.3, -0.25) is 4.79 Å². The molecule has 0 aliphatic rings. The molecule has 6 nitrogen and oxygen atoms in total. The van der Waals surface area contributed by atoms with Gasteiger partial charge in [-0.15, -0.1) is 0 Å². The molecule has 0 aliphatic heterocycles. The summed E-state index contributed by atoms with van der Waals surface area (Å²) in [6, 6.07) is 18.2. The van der Waals surface area contributed by atoms with Crippen molar-refractivity contribution < 1.29 is 18.3 Å². The molecule has 0 fully saturated rings. The van der Waals surface area contributed by atoms with Crippen LogP contribution < -0.4 is 5.56 Å². The number of hydrogen-bond acceptors (Lipinski definition) is 5. The second kappa shape index (κ2) is 11.3. The van der Waals surface area contributed by atoms with Crippen LogP contribution in [0.25, 0.3) is 11.1 Å². The summed E-state index contributed by atoms with van der Waals surface area (Å²) in [5, 5.41) is 3.32. The maximum Gasteiger partial charge on any atom is 0.340 e. The van der Waals surface area contributed by atoms with Gasteiger partial charge in [0.1, 0.15) is 17.7 Å². The van der Waals surface area contributed by atoms with Gasteiger partial charge in [0.2, 0.25) is 5.56 Å². The number of nitroso groups, excluding NO2 is 1. The molecule has 4 rings (SSSR count). The standard InChI is InChI=1S/C30H26F2N2O4/c1-18-6-4-5-7-22(18)25(16-28(33-37)21-10-13-29(35)34(2)17-21)23-11-8-19(14-26(23)31)20-9-12-24(27(32)15-20)30(36)38-3/h4-15,17,25,28H,16H2,1-3H3. The highest BCUT2D eigenvalue weighted by atomic mass is 19.1. The van der Waals surface area contributed by atoms with E-state index in [2.05, 4.69) is 9.91 Å². The SMILES string of the molecule is COC(=O)c1ccc(-c2ccc(C(CC(N=O)c3ccc(=O)n(C)c3)c3ccccc3C)c(F)c2)cc1F. The number of pyridine rings is 1. The van der Waals surface area contributed by atoms with Crippen molar-refractivity contribution in [3.8, 4) is 11.1 Å². The summed E-state index contributed by atoms with van der Waals surface area (Å²) in [7, 11) is 2.75. The molecule has 1 heterocycles. The number of nitrogens with zero attached hydrogens (tertiary/aromatic N) is 2. The third-order valence-corrected chi connectivity index (χ3v) is 6.73. The highest BCUT2D eigenvalue weighted by Gasteiger charge is 2.26. The highest BCUT2D eigenvalue weighted by Crippen LogP contribution is 2.39. The Morgan fingerprint density at radius 3 is 2.24 bits per heavy atom. The zero-order valence-electron chi connectivity index (χ0n) is 21.2. The summed E-state index contributed by atoms with van der Waals surface area (Å²) in [4.78, 5) is 35.5. The first-order chi connectivity index (χ1) is 18.2. The van der Waals surface area contributed by atoms with E-state index in [1.54, 1.807) is 31.4 Å². The van der Waals surface area contributed by atoms with Gasteiger partial charge in [0.25, 0.3) is 0 Å². The van der Waals surface area contributed by atoms with Gasteiger partial charge in [0.15, 0.2) is 0 Å². The first kappa shape index (κ1) is 26.6. The fourth-order valence-corrected chi connectivity index (χ4v) is 4.63. The number of benzene rings is 3. The second-order valence-electron chi connectivity index (χ2n) is 9.10. The molecule has 4 aromatic rings. The van der Waals surface area contributed by atoms with Gasteiger partial charge in [-0.05, 0) is 71.0 Å². The molecule has 0 bridgehead atoms. The van der Waals surface area contributed by atoms with Gasteiger partial charge in [-0.1, -0.05) is 47.6 Å². The number of halogens is 2. The van der Waals surface area contributed by atoms with E-state index in [9.17, 15) is 18.9 Å². The van der Waals surface area contributed by atoms with Crippen molar-refractivity contribution in [3.63, 3.8) is 0 Å². The summed E-state index contributed by atoms with van der Waals surface area (Å²) >= 11 is 0. The van der Waals surface area contributed by atoms with Gasteiger partial charge in [-0.2, -0.15) is 4.91 Å². The van der Waals surface area contributed by atoms with Gasteiger partial charge in [0.05, 0.1) is 12.7 Å². The van der Waals surface area contributed by atoms with Crippen LogP contribution in [0, 0.1) is 23.5 Å². The number of rotatable bonds is 8. The van der Waals surface area contributed by atoms with E-state index in [0.29, 0.717) is 22.3 Å². The van der Waals surface area contributed by atoms with E-state index in [0.717, 1.165) is 24.3 Å². The van der Waals surface area contributed by atoms with Crippen LogP contribution >= 0.6 is 0 Å². The first-order valence-corrected chi connectivity index (χ1v) is 12.0. The average molecular weight is 517 g/mol. The lowest BCUT2D eigenvalue weighted by molar-refractivity contribution is 0.0595. The van der Waals surface area contributed by atoms with E-state index in [1.807, 2.05) is 31.2 Å². The lowest BCUT2D eigenvalue weighted by Crippen LogP contribution is -2.17. The minimum absolute atomic E-state index is 0.172. The molecular formula is C30H26F2N2O4. The van der Waals surface area contributed by atoms with Gasteiger partial charge >= 0.3 is 5.97 Å². The number of esters is 1. The van der Waals surface area contributed by atoms with E-state index in [4.69, 9.17) is 0 Å². The Morgan fingerprint density at radius 1 is 0.947 bits per heavy atom. The Balaban J connectivity index is 1.75. The third-order valence-electron chi connectivity index (χ3n) is 6.73. The molecule has 3 aromatic carbocycles. The summed E-state index contributed by atoms with van der Waals surface area (Å²) in [6.07, 6.45) is 1.74. The normalized spacial score (nSPS) is 12.6. The summed E-state index contributed by atoms with van der Waals surface area (Å²) in [6.45, 7) is 1.91. The Bertz CT molecular complexity index is 1560. The van der Waals surface area contributed by atoms with Crippen molar-refractivity contribution in [2.24, 2.45) is 12.2 Å². The Morgan fingerprint density at radius 2 is 1.63 bits per heavy atom. The van der Waals surface area contributed by atoms with Crippen LogP contribution in [-0.4, -0.2) is 17.6 Å². The minimum atomic E-state index is -0.828. The molecule has 0 saturated carbocycles. The van der Waals surface area contributed by atoms with E-state index in [-0.39, 0.29) is 17.5 Å². The Labute approximate surface area is 218 Å². The Kier molecular flexibility index (Phi) is 7.90. The van der Waals surface area contributed by atoms with Crippen LogP contribution in [0.2, 0.25) is 0 Å². The maximum absolute atomic E-state index is 15.7. The van der Waals surface area contributed by atoms with Gasteiger partial charge in [0, 0.05) is 25.2 Å². The van der Waals surface area contributed by atoms with Crippen molar-refractivity contribution in [2.75, 3.05) is 7.11 Å². The molecule has 8 heteroatoms. The molecule has 2 atom stereocenters. The predicted molar refractivity (Wildman–Crippen MR) is 141 cm³/mol. The van der Waals surface area contributed by atoms with Crippen molar-refractivity contribution in [3.05, 3.63) is 134 Å². The number of methoxy groups -OCH3 is 1. The van der Waals surface area contributed by atoms with E-state index >= 15 is 4.39 Å². The number of aryl methyl sites for hydroxylation is 2. The molecule has 0 radical (unpaired) electrons. The molecule has 2 unspecified atom stereocenters. The number of ether oxygens (including phenoxy) is 1. The van der Waals surface area contributed by atoms with Crippen molar-refractivity contribution in [1.82, 2.24) is 4.57 Å². The predicted octanol–water partition coefficient (Wildman–Crippen LogP) is 6.46. The van der Waals surface area contributed by atoms with Crippen LogP contribution in [0.4, 0.5) is 8.78 Å². The largest absolute Gasteiger partial charge is 0.465 e. The van der Waals surface area contributed by atoms with Crippen LogP contribution in [0.5, 0.6) is 0 Å². The lowest BCUT2D eigenvalue weighted by atomic mass is 9.82. The Hall–Kier alpha value is -4.46. The van der Waals surface area contributed by atoms with Crippen LogP contribution in [-0.2, 0) is 11.8 Å². The summed E-state index contributed by atoms with van der Waals surface area (Å²) < 4.78 is 36.2. The lowest BCUT2D eigenvalue weighted by Gasteiger charge is -2.23. The summed E-state index contributed by atoms with van der Waals surface area (Å²) in [5.74, 6) is -2.62. The molecule has 194 valence electrons. The van der Waals surface area contributed by atoms with Gasteiger partial charge < -0.3 is 9.30 Å². The third kappa shape index (κ3) is 5.44. The van der Waals surface area contributed by atoms with Crippen LogP contribution in [0.1, 0.15) is 51.0 Å². The topological polar surface area (TPSA) is 77.7 Å². The van der Waals surface area contributed by atoms with E-state index < -0.39 is 29.6 Å². The van der Waals surface area contributed by atoms with Crippen LogP contribution in [0.15, 0.2) is 89.0 Å². The molecule has 1 aromatic heterocycles. The fraction of sp³-hybridized carbons (Fsp3) is 0.200. The molecule has 0 spiro atoms. The quantitative estimate of drug-likeness (QED) is 0.199. The smallest absolute Gasteiger partial charge is 0.340 e. The van der Waals surface area contributed by atoms with E-state index in [1.165, 1.54) is 28.8 Å². The molecule has 38 heavy (non-hydrogen) atoms. The number of carbonyl (C=O) groups excluding carboxylic acids is 1. The number of aromatic nitrogens is 1. The first-order valence-electron chi connectivity index (χ1n) is 12.0. The molecule has 0 amide bonds. The maximum atomic E-state index is 15.7. The number of hydrogen-bond donors (Lipinski definition) is 0. The molecule has 0 aliphatic carbocycles.